The molecule has 2 aromatic heterocycles. The smallest absolute Gasteiger partial charge is 0.255 e. The van der Waals surface area contributed by atoms with Crippen LogP contribution in [0, 0.1) is 13.8 Å². The van der Waals surface area contributed by atoms with Gasteiger partial charge in [0.05, 0.1) is 22.6 Å². The van der Waals surface area contributed by atoms with E-state index < -0.39 is 0 Å². The molecule has 176 valence electrons. The number of rotatable bonds is 3. The summed E-state index contributed by atoms with van der Waals surface area (Å²) in [5, 5.41) is 0. The van der Waals surface area contributed by atoms with Crippen LogP contribution < -0.4 is 0 Å². The molecule has 0 bridgehead atoms. The largest absolute Gasteiger partial charge is 0.367 e. The number of hydrogen-bond acceptors (Lipinski definition) is 4. The SMILES string of the molecule is Cc1cn2cc(C3=CC(=O)N4C=C(N5CCN(C(C)C)[C@H](C)C5)C=C/C4=C\C=C3)cc2c(C)n1. The molecule has 0 radical (unpaired) electrons. The third kappa shape index (κ3) is 4.14. The summed E-state index contributed by atoms with van der Waals surface area (Å²) >= 11 is 0. The zero-order valence-electron chi connectivity index (χ0n) is 20.7. The molecule has 0 unspecified atom stereocenters. The lowest BCUT2D eigenvalue weighted by Crippen LogP contribution is -2.53. The average Bonchev–Trinajstić information content (AvgIpc) is 3.21. The summed E-state index contributed by atoms with van der Waals surface area (Å²) in [7, 11) is 0. The monoisotopic (exact) mass is 455 g/mol. The predicted octanol–water partition coefficient (Wildman–Crippen LogP) is 4.44. The van der Waals surface area contributed by atoms with Gasteiger partial charge in [0.15, 0.2) is 0 Å². The van der Waals surface area contributed by atoms with Crippen molar-refractivity contribution in [2.75, 3.05) is 19.6 Å². The van der Waals surface area contributed by atoms with Gasteiger partial charge in [0.1, 0.15) is 0 Å². The van der Waals surface area contributed by atoms with E-state index >= 15 is 0 Å². The van der Waals surface area contributed by atoms with Crippen LogP contribution in [0.3, 0.4) is 0 Å². The van der Waals surface area contributed by atoms with E-state index in [1.807, 2.05) is 50.5 Å². The highest BCUT2D eigenvalue weighted by Gasteiger charge is 2.28. The van der Waals surface area contributed by atoms with Crippen molar-refractivity contribution in [3.8, 4) is 0 Å². The number of fused-ring (bicyclic) bond motifs is 2. The van der Waals surface area contributed by atoms with Crippen molar-refractivity contribution in [1.82, 2.24) is 24.1 Å². The van der Waals surface area contributed by atoms with E-state index in [2.05, 4.69) is 58.3 Å². The fourth-order valence-corrected chi connectivity index (χ4v) is 5.26. The Balaban J connectivity index is 1.43. The van der Waals surface area contributed by atoms with Gasteiger partial charge in [-0.3, -0.25) is 19.6 Å². The number of nitrogens with zero attached hydrogens (tertiary/aromatic N) is 5. The summed E-state index contributed by atoms with van der Waals surface area (Å²) in [6, 6.07) is 3.12. The maximum atomic E-state index is 13.4. The Bertz CT molecular complexity index is 1290. The Morgan fingerprint density at radius 1 is 1.06 bits per heavy atom. The summed E-state index contributed by atoms with van der Waals surface area (Å²) in [4.78, 5) is 24.7. The van der Waals surface area contributed by atoms with Crippen molar-refractivity contribution in [2.24, 2.45) is 0 Å². The fourth-order valence-electron chi connectivity index (χ4n) is 5.26. The Hall–Kier alpha value is -3.38. The number of hydrogen-bond donors (Lipinski definition) is 0. The van der Waals surface area contributed by atoms with Crippen molar-refractivity contribution in [3.05, 3.63) is 89.5 Å². The van der Waals surface area contributed by atoms with Crippen LogP contribution in [0.4, 0.5) is 0 Å². The second-order valence-electron chi connectivity index (χ2n) is 9.76. The molecule has 6 heteroatoms. The quantitative estimate of drug-likeness (QED) is 0.686. The zero-order valence-corrected chi connectivity index (χ0v) is 20.7. The number of carbonyl (C=O) groups excluding carboxylic acids is 1. The summed E-state index contributed by atoms with van der Waals surface area (Å²) in [5.41, 5.74) is 6.88. The summed E-state index contributed by atoms with van der Waals surface area (Å²) < 4.78 is 2.09. The maximum Gasteiger partial charge on any atom is 0.255 e. The molecule has 0 saturated carbocycles. The van der Waals surface area contributed by atoms with Crippen LogP contribution in [-0.2, 0) is 4.79 Å². The van der Waals surface area contributed by atoms with Crippen LogP contribution in [0.5, 0.6) is 0 Å². The van der Waals surface area contributed by atoms with E-state index in [4.69, 9.17) is 0 Å². The van der Waals surface area contributed by atoms with E-state index in [0.717, 1.165) is 59.1 Å². The third-order valence-corrected chi connectivity index (χ3v) is 6.95. The second-order valence-corrected chi connectivity index (χ2v) is 9.76. The molecule has 1 saturated heterocycles. The lowest BCUT2D eigenvalue weighted by Gasteiger charge is -2.44. The number of piperazine rings is 1. The highest BCUT2D eigenvalue weighted by Crippen LogP contribution is 2.27. The number of carbonyl (C=O) groups is 1. The normalized spacial score (nSPS) is 22.9. The van der Waals surface area contributed by atoms with E-state index in [1.165, 1.54) is 0 Å². The van der Waals surface area contributed by atoms with Gasteiger partial charge in [-0.25, -0.2) is 0 Å². The lowest BCUT2D eigenvalue weighted by atomic mass is 10.0. The molecule has 0 aromatic carbocycles. The van der Waals surface area contributed by atoms with Crippen molar-refractivity contribution < 1.29 is 4.79 Å². The second kappa shape index (κ2) is 8.76. The molecule has 0 aliphatic carbocycles. The molecular formula is C28H33N5O. The van der Waals surface area contributed by atoms with Crippen LogP contribution >= 0.6 is 0 Å². The molecule has 1 amide bonds. The van der Waals surface area contributed by atoms with Gasteiger partial charge in [-0.15, -0.1) is 0 Å². The molecule has 34 heavy (non-hydrogen) atoms. The Morgan fingerprint density at radius 2 is 1.85 bits per heavy atom. The maximum absolute atomic E-state index is 13.4. The van der Waals surface area contributed by atoms with Gasteiger partial charge in [0, 0.05) is 67.6 Å². The lowest BCUT2D eigenvalue weighted by molar-refractivity contribution is -0.122. The van der Waals surface area contributed by atoms with Gasteiger partial charge >= 0.3 is 0 Å². The molecule has 1 fully saturated rings. The molecule has 0 spiro atoms. The van der Waals surface area contributed by atoms with Crippen LogP contribution in [-0.4, -0.2) is 61.7 Å². The first-order valence-corrected chi connectivity index (χ1v) is 12.1. The third-order valence-electron chi connectivity index (χ3n) is 6.95. The Morgan fingerprint density at radius 3 is 2.62 bits per heavy atom. The molecule has 5 heterocycles. The molecule has 0 N–H and O–H groups in total. The number of aryl methyl sites for hydroxylation is 2. The molecule has 3 aliphatic heterocycles. The summed E-state index contributed by atoms with van der Waals surface area (Å²) in [6.45, 7) is 13.8. The first-order valence-electron chi connectivity index (χ1n) is 12.1. The van der Waals surface area contributed by atoms with Gasteiger partial charge in [0.25, 0.3) is 5.91 Å². The van der Waals surface area contributed by atoms with Crippen LogP contribution in [0.15, 0.2) is 72.5 Å². The van der Waals surface area contributed by atoms with Gasteiger partial charge in [-0.05, 0) is 64.5 Å². The molecule has 1 atom stereocenters. The Kier molecular flexibility index (Phi) is 5.78. The molecule has 3 aliphatic rings. The van der Waals surface area contributed by atoms with Gasteiger partial charge in [-0.1, -0.05) is 12.2 Å². The Labute approximate surface area is 201 Å². The molecular weight excluding hydrogens is 422 g/mol. The van der Waals surface area contributed by atoms with Crippen molar-refractivity contribution in [3.63, 3.8) is 0 Å². The molecule has 2 aromatic rings. The summed E-state index contributed by atoms with van der Waals surface area (Å²) in [5.74, 6) is -0.0393. The predicted molar refractivity (Wildman–Crippen MR) is 137 cm³/mol. The topological polar surface area (TPSA) is 44.1 Å². The minimum atomic E-state index is -0.0393. The van der Waals surface area contributed by atoms with Gasteiger partial charge < -0.3 is 9.30 Å². The highest BCUT2D eigenvalue weighted by atomic mass is 16.2. The summed E-state index contributed by atoms with van der Waals surface area (Å²) in [6.07, 6.45) is 18.0. The fraction of sp³-hybridized carbons (Fsp3) is 0.357. The highest BCUT2D eigenvalue weighted by molar-refractivity contribution is 6.00. The van der Waals surface area contributed by atoms with Crippen molar-refractivity contribution >= 4 is 17.0 Å². The standard InChI is InChI=1S/C28H33N5O/c1-19(2)32-12-11-30(16-21(32)4)26-10-9-25-8-6-7-23(14-28(34)33(25)18-26)24-13-27-22(5)29-20(3)15-31(27)17-24/h6-10,13-15,17-19,21H,11-12,16H2,1-5H3/b7-6?,23-14?,25-8+/t21-/m1/s1. The van der Waals surface area contributed by atoms with E-state index in [0.29, 0.717) is 12.1 Å². The van der Waals surface area contributed by atoms with Crippen LogP contribution in [0.2, 0.25) is 0 Å². The van der Waals surface area contributed by atoms with Crippen molar-refractivity contribution in [1.29, 1.82) is 0 Å². The van der Waals surface area contributed by atoms with Crippen LogP contribution in [0.25, 0.3) is 11.1 Å². The van der Waals surface area contributed by atoms with E-state index in [9.17, 15) is 4.79 Å². The van der Waals surface area contributed by atoms with E-state index in [1.54, 1.807) is 11.0 Å². The first kappa shape index (κ1) is 22.4. The first-order chi connectivity index (χ1) is 16.3. The average molecular weight is 456 g/mol. The zero-order chi connectivity index (χ0) is 24.0. The van der Waals surface area contributed by atoms with Crippen LogP contribution in [0.1, 0.15) is 37.7 Å². The number of allylic oxidation sites excluding steroid dienone is 6. The van der Waals surface area contributed by atoms with E-state index in [-0.39, 0.29) is 5.91 Å². The van der Waals surface area contributed by atoms with Gasteiger partial charge in [-0.2, -0.15) is 0 Å². The van der Waals surface area contributed by atoms with Gasteiger partial charge in [0.2, 0.25) is 0 Å². The minimum absolute atomic E-state index is 0.0393. The number of aromatic nitrogens is 2. The minimum Gasteiger partial charge on any atom is -0.367 e. The number of amides is 1. The van der Waals surface area contributed by atoms with Crippen molar-refractivity contribution in [2.45, 2.75) is 46.7 Å². The molecule has 5 rings (SSSR count). The molecule has 6 nitrogen and oxygen atoms in total.